The largest absolute Gasteiger partial charge is 0.493 e. The third-order valence-electron chi connectivity index (χ3n) is 5.60. The maximum absolute atomic E-state index is 10.2. The topological polar surface area (TPSA) is 71.9 Å². The summed E-state index contributed by atoms with van der Waals surface area (Å²) < 4.78 is 13.2. The second kappa shape index (κ2) is 8.33. The Kier molecular flexibility index (Phi) is 5.21. The van der Waals surface area contributed by atoms with Crippen LogP contribution in [-0.2, 0) is 13.0 Å². The Morgan fingerprint density at radius 1 is 0.969 bits per heavy atom. The van der Waals surface area contributed by atoms with Crippen molar-refractivity contribution in [2.45, 2.75) is 13.0 Å². The number of thiophene rings is 1. The van der Waals surface area contributed by atoms with E-state index in [2.05, 4.69) is 26.9 Å². The van der Waals surface area contributed by atoms with Gasteiger partial charge in [-0.15, -0.1) is 16.5 Å². The minimum Gasteiger partial charge on any atom is -0.493 e. The molecular weight excluding hydrogens is 420 g/mol. The minimum absolute atomic E-state index is 0.515. The number of aryl methyl sites for hydroxylation is 1. The molecule has 158 valence electrons. The van der Waals surface area contributed by atoms with Gasteiger partial charge in [0, 0.05) is 12.1 Å². The van der Waals surface area contributed by atoms with Crippen LogP contribution >= 0.6 is 11.3 Å². The molecule has 6 nitrogen and oxygen atoms in total. The predicted octanol–water partition coefficient (Wildman–Crippen LogP) is 6.74. The molecule has 0 unspecified atom stereocenters. The number of nitriles is 1. The Balaban J connectivity index is 1.78. The van der Waals surface area contributed by atoms with Crippen molar-refractivity contribution in [2.24, 2.45) is 10.2 Å². The van der Waals surface area contributed by atoms with Crippen LogP contribution in [0, 0.1) is 11.3 Å². The van der Waals surface area contributed by atoms with Crippen LogP contribution in [0.3, 0.4) is 0 Å². The standard InChI is InChI=1S/C25H20N4O2S/c1-30-20-13-16-10-11-29-24(18(16)14-21(20)31-2)19(15-26)23(25(29)22-9-6-12-32-22)28-27-17-7-4-3-5-8-17/h3-9,12-14H,10-11H2,1-2H3. The van der Waals surface area contributed by atoms with Crippen LogP contribution in [0.4, 0.5) is 11.4 Å². The Bertz CT molecular complexity index is 1350. The first-order chi connectivity index (χ1) is 15.7. The second-order valence-corrected chi connectivity index (χ2v) is 8.26. The van der Waals surface area contributed by atoms with E-state index < -0.39 is 0 Å². The number of hydrogen-bond acceptors (Lipinski definition) is 6. The highest BCUT2D eigenvalue weighted by molar-refractivity contribution is 7.13. The Morgan fingerprint density at radius 3 is 2.44 bits per heavy atom. The summed E-state index contributed by atoms with van der Waals surface area (Å²) in [7, 11) is 3.25. The average molecular weight is 441 g/mol. The van der Waals surface area contributed by atoms with Crippen molar-refractivity contribution in [3.05, 3.63) is 71.1 Å². The lowest BCUT2D eigenvalue weighted by Gasteiger charge is -2.23. The number of azo groups is 1. The van der Waals surface area contributed by atoms with Crippen LogP contribution < -0.4 is 9.47 Å². The van der Waals surface area contributed by atoms with E-state index in [1.807, 2.05) is 53.9 Å². The van der Waals surface area contributed by atoms with Gasteiger partial charge >= 0.3 is 0 Å². The van der Waals surface area contributed by atoms with E-state index in [4.69, 9.17) is 9.47 Å². The molecule has 5 rings (SSSR count). The SMILES string of the molecule is COc1cc2c(cc1OC)-c1c(C#N)c(N=Nc3ccccc3)c(-c3cccs3)n1CC2. The fourth-order valence-electron chi connectivity index (χ4n) is 4.16. The molecule has 2 aromatic heterocycles. The molecule has 7 heteroatoms. The van der Waals surface area contributed by atoms with Gasteiger partial charge in [0.15, 0.2) is 11.5 Å². The molecule has 0 bridgehead atoms. The van der Waals surface area contributed by atoms with E-state index in [-0.39, 0.29) is 0 Å². The van der Waals surface area contributed by atoms with Crippen molar-refractivity contribution in [3.8, 4) is 39.4 Å². The highest BCUT2D eigenvalue weighted by Gasteiger charge is 2.30. The smallest absolute Gasteiger partial charge is 0.161 e. The van der Waals surface area contributed by atoms with Crippen molar-refractivity contribution >= 4 is 22.7 Å². The van der Waals surface area contributed by atoms with Gasteiger partial charge in [0.2, 0.25) is 0 Å². The van der Waals surface area contributed by atoms with Crippen LogP contribution in [0.5, 0.6) is 11.5 Å². The van der Waals surface area contributed by atoms with Crippen LogP contribution in [0.25, 0.3) is 21.8 Å². The quantitative estimate of drug-likeness (QED) is 0.322. The normalized spacial score (nSPS) is 12.3. The molecule has 32 heavy (non-hydrogen) atoms. The monoisotopic (exact) mass is 440 g/mol. The molecule has 0 radical (unpaired) electrons. The summed E-state index contributed by atoms with van der Waals surface area (Å²) in [6.07, 6.45) is 0.815. The first-order valence-corrected chi connectivity index (χ1v) is 11.1. The maximum atomic E-state index is 10.2. The molecule has 0 spiro atoms. The maximum Gasteiger partial charge on any atom is 0.161 e. The Labute approximate surface area is 190 Å². The number of hydrogen-bond donors (Lipinski definition) is 0. The van der Waals surface area contributed by atoms with Crippen molar-refractivity contribution in [3.63, 3.8) is 0 Å². The number of aromatic nitrogens is 1. The summed E-state index contributed by atoms with van der Waals surface area (Å²) in [6, 6.07) is 20.0. The van der Waals surface area contributed by atoms with Crippen LogP contribution in [0.15, 0.2) is 70.2 Å². The van der Waals surface area contributed by atoms with E-state index in [0.717, 1.165) is 46.0 Å². The van der Waals surface area contributed by atoms with E-state index >= 15 is 0 Å². The van der Waals surface area contributed by atoms with Crippen LogP contribution in [-0.4, -0.2) is 18.8 Å². The molecule has 1 aliphatic heterocycles. The highest BCUT2D eigenvalue weighted by atomic mass is 32.1. The lowest BCUT2D eigenvalue weighted by Crippen LogP contribution is -2.12. The molecule has 0 amide bonds. The molecule has 0 N–H and O–H groups in total. The minimum atomic E-state index is 0.515. The number of nitrogens with zero attached hydrogens (tertiary/aromatic N) is 4. The van der Waals surface area contributed by atoms with E-state index in [9.17, 15) is 5.26 Å². The number of fused-ring (bicyclic) bond motifs is 3. The van der Waals surface area contributed by atoms with Gasteiger partial charge in [-0.1, -0.05) is 24.3 Å². The molecule has 0 aliphatic carbocycles. The molecule has 0 saturated heterocycles. The molecule has 0 saturated carbocycles. The molecule has 3 heterocycles. The molecule has 0 atom stereocenters. The average Bonchev–Trinajstić information content (AvgIpc) is 3.47. The van der Waals surface area contributed by atoms with Gasteiger partial charge in [0.05, 0.1) is 36.2 Å². The van der Waals surface area contributed by atoms with Gasteiger partial charge in [0.25, 0.3) is 0 Å². The Morgan fingerprint density at radius 2 is 1.75 bits per heavy atom. The van der Waals surface area contributed by atoms with Crippen molar-refractivity contribution in [1.29, 1.82) is 5.26 Å². The molecule has 1 aliphatic rings. The fraction of sp³-hybridized carbons (Fsp3) is 0.160. The van der Waals surface area contributed by atoms with Crippen LogP contribution in [0.1, 0.15) is 11.1 Å². The van der Waals surface area contributed by atoms with Crippen molar-refractivity contribution in [2.75, 3.05) is 14.2 Å². The van der Waals surface area contributed by atoms with Gasteiger partial charge in [-0.25, -0.2) is 0 Å². The number of methoxy groups -OCH3 is 2. The van der Waals surface area contributed by atoms with Crippen molar-refractivity contribution < 1.29 is 9.47 Å². The van der Waals surface area contributed by atoms with Gasteiger partial charge in [-0.05, 0) is 47.7 Å². The predicted molar refractivity (Wildman–Crippen MR) is 125 cm³/mol. The van der Waals surface area contributed by atoms with Gasteiger partial charge in [-0.3, -0.25) is 0 Å². The second-order valence-electron chi connectivity index (χ2n) is 7.31. The lowest BCUT2D eigenvalue weighted by atomic mass is 9.95. The van der Waals surface area contributed by atoms with Gasteiger partial charge in [0.1, 0.15) is 17.3 Å². The number of ether oxygens (including phenoxy) is 2. The Hall–Kier alpha value is -3.89. The zero-order valence-corrected chi connectivity index (χ0v) is 18.5. The zero-order chi connectivity index (χ0) is 22.1. The molecule has 2 aromatic carbocycles. The first kappa shape index (κ1) is 20.0. The summed E-state index contributed by atoms with van der Waals surface area (Å²) in [5.74, 6) is 1.32. The fourth-order valence-corrected chi connectivity index (χ4v) is 4.94. The summed E-state index contributed by atoms with van der Waals surface area (Å²) >= 11 is 1.63. The summed E-state index contributed by atoms with van der Waals surface area (Å²) in [5, 5.41) is 21.3. The van der Waals surface area contributed by atoms with E-state index in [0.29, 0.717) is 22.7 Å². The van der Waals surface area contributed by atoms with Crippen molar-refractivity contribution in [1.82, 2.24) is 4.57 Å². The molecule has 0 fully saturated rings. The molecule has 4 aromatic rings. The number of rotatable bonds is 5. The third kappa shape index (κ3) is 3.26. The summed E-state index contributed by atoms with van der Waals surface area (Å²) in [5.41, 5.74) is 5.70. The van der Waals surface area contributed by atoms with Gasteiger partial charge in [-0.2, -0.15) is 10.4 Å². The highest BCUT2D eigenvalue weighted by Crippen LogP contribution is 2.48. The van der Waals surface area contributed by atoms with Crippen LogP contribution in [0.2, 0.25) is 0 Å². The van der Waals surface area contributed by atoms with E-state index in [1.165, 1.54) is 0 Å². The first-order valence-electron chi connectivity index (χ1n) is 10.2. The number of benzene rings is 2. The summed E-state index contributed by atoms with van der Waals surface area (Å²) in [6.45, 7) is 0.737. The third-order valence-corrected chi connectivity index (χ3v) is 6.47. The van der Waals surface area contributed by atoms with Gasteiger partial charge < -0.3 is 14.0 Å². The molecular formula is C25H20N4O2S. The zero-order valence-electron chi connectivity index (χ0n) is 17.7. The lowest BCUT2D eigenvalue weighted by molar-refractivity contribution is 0.354. The summed E-state index contributed by atoms with van der Waals surface area (Å²) in [4.78, 5) is 1.05. The van der Waals surface area contributed by atoms with E-state index in [1.54, 1.807) is 25.6 Å².